The first-order valence-electron chi connectivity index (χ1n) is 6.19. The molecule has 0 aliphatic carbocycles. The highest BCUT2D eigenvalue weighted by molar-refractivity contribution is 5.57. The van der Waals surface area contributed by atoms with Crippen LogP contribution < -0.4 is 4.74 Å². The average Bonchev–Trinajstić information content (AvgIpc) is 2.44. The van der Waals surface area contributed by atoms with E-state index in [1.165, 1.54) is 14.2 Å². The zero-order chi connectivity index (χ0) is 14.8. The zero-order valence-corrected chi connectivity index (χ0v) is 11.7. The van der Waals surface area contributed by atoms with Gasteiger partial charge in [0.05, 0.1) is 13.2 Å². The van der Waals surface area contributed by atoms with Gasteiger partial charge in [-0.3, -0.25) is 0 Å². The van der Waals surface area contributed by atoms with E-state index in [1.807, 2.05) is 18.2 Å². The fourth-order valence-electron chi connectivity index (χ4n) is 1.76. The fourth-order valence-corrected chi connectivity index (χ4v) is 1.76. The summed E-state index contributed by atoms with van der Waals surface area (Å²) in [5.74, 6) is 0.638. The van der Waals surface area contributed by atoms with Crippen LogP contribution in [0.25, 0.3) is 0 Å². The number of carboxylic acid groups (broad SMARTS) is 1. The van der Waals surface area contributed by atoms with E-state index in [-0.39, 0.29) is 13.2 Å². The van der Waals surface area contributed by atoms with Gasteiger partial charge < -0.3 is 24.1 Å². The van der Waals surface area contributed by atoms with Gasteiger partial charge >= 0.3 is 6.16 Å². The van der Waals surface area contributed by atoms with Gasteiger partial charge in [0.2, 0.25) is 0 Å². The van der Waals surface area contributed by atoms with Crippen LogP contribution in [0.5, 0.6) is 5.75 Å². The van der Waals surface area contributed by atoms with Gasteiger partial charge in [0.25, 0.3) is 0 Å². The molecule has 1 aromatic carbocycles. The molecule has 0 saturated carbocycles. The Balaban J connectivity index is 2.75. The molecule has 20 heavy (non-hydrogen) atoms. The van der Waals surface area contributed by atoms with Crippen molar-refractivity contribution in [2.45, 2.75) is 12.0 Å². The highest BCUT2D eigenvalue weighted by atomic mass is 16.7. The number of benzene rings is 1. The third kappa shape index (κ3) is 5.46. The molecule has 0 spiro atoms. The molecule has 0 aliphatic rings. The SMILES string of the molecule is COCCC(COC)(COc1ccccc1)OC(=O)O. The highest BCUT2D eigenvalue weighted by Crippen LogP contribution is 2.20. The third-order valence-corrected chi connectivity index (χ3v) is 2.72. The summed E-state index contributed by atoms with van der Waals surface area (Å²) in [4.78, 5) is 10.9. The lowest BCUT2D eigenvalue weighted by Gasteiger charge is -2.31. The minimum absolute atomic E-state index is 0.0561. The Kier molecular flexibility index (Phi) is 6.83. The van der Waals surface area contributed by atoms with Crippen LogP contribution in [0.15, 0.2) is 30.3 Å². The van der Waals surface area contributed by atoms with Crippen molar-refractivity contribution in [1.82, 2.24) is 0 Å². The molecule has 0 radical (unpaired) electrons. The quantitative estimate of drug-likeness (QED) is 0.701. The van der Waals surface area contributed by atoms with Crippen molar-refractivity contribution in [1.29, 1.82) is 0 Å². The summed E-state index contributed by atoms with van der Waals surface area (Å²) >= 11 is 0. The molecule has 0 saturated heterocycles. The zero-order valence-electron chi connectivity index (χ0n) is 11.7. The van der Waals surface area contributed by atoms with Crippen LogP contribution >= 0.6 is 0 Å². The second-order valence-electron chi connectivity index (χ2n) is 4.33. The molecule has 6 nitrogen and oxygen atoms in total. The van der Waals surface area contributed by atoms with Crippen molar-refractivity contribution in [3.63, 3.8) is 0 Å². The maximum absolute atomic E-state index is 10.9. The fraction of sp³-hybridized carbons (Fsp3) is 0.500. The molecule has 112 valence electrons. The van der Waals surface area contributed by atoms with Crippen LogP contribution in [-0.4, -0.2) is 50.9 Å². The first-order valence-corrected chi connectivity index (χ1v) is 6.19. The smallest absolute Gasteiger partial charge is 0.489 e. The second-order valence-corrected chi connectivity index (χ2v) is 4.33. The number of rotatable bonds is 9. The first kappa shape index (κ1) is 16.3. The standard InChI is InChI=1S/C14H20O6/c1-17-9-8-14(10-18-2,20-13(15)16)11-19-12-6-4-3-5-7-12/h3-7H,8-11H2,1-2H3,(H,15,16). The minimum atomic E-state index is -1.37. The monoisotopic (exact) mass is 284 g/mol. The van der Waals surface area contributed by atoms with Crippen molar-refractivity contribution in [2.24, 2.45) is 0 Å². The Bertz CT molecular complexity index is 394. The van der Waals surface area contributed by atoms with Gasteiger partial charge in [-0.1, -0.05) is 18.2 Å². The van der Waals surface area contributed by atoms with E-state index < -0.39 is 11.8 Å². The molecule has 6 heteroatoms. The molecule has 1 atom stereocenters. The molecule has 0 amide bonds. The molecular weight excluding hydrogens is 264 g/mol. The Morgan fingerprint density at radius 2 is 1.85 bits per heavy atom. The summed E-state index contributed by atoms with van der Waals surface area (Å²) in [7, 11) is 3.02. The third-order valence-electron chi connectivity index (χ3n) is 2.72. The Labute approximate surface area is 118 Å². The van der Waals surface area contributed by atoms with Crippen molar-refractivity contribution < 1.29 is 28.8 Å². The first-order chi connectivity index (χ1) is 9.62. The number of para-hydroxylation sites is 1. The number of hydrogen-bond acceptors (Lipinski definition) is 5. The number of ether oxygens (including phenoxy) is 4. The molecule has 1 rings (SSSR count). The molecular formula is C14H20O6. The molecule has 1 unspecified atom stereocenters. The summed E-state index contributed by atoms with van der Waals surface area (Å²) in [6.45, 7) is 0.491. The Morgan fingerprint density at radius 3 is 2.40 bits per heavy atom. The second kappa shape index (κ2) is 8.39. The van der Waals surface area contributed by atoms with Gasteiger partial charge in [0.1, 0.15) is 12.4 Å². The lowest BCUT2D eigenvalue weighted by Crippen LogP contribution is -2.46. The van der Waals surface area contributed by atoms with E-state index >= 15 is 0 Å². The molecule has 0 heterocycles. The van der Waals surface area contributed by atoms with E-state index in [1.54, 1.807) is 12.1 Å². The van der Waals surface area contributed by atoms with Crippen molar-refractivity contribution in [2.75, 3.05) is 34.0 Å². The topological polar surface area (TPSA) is 74.2 Å². The predicted molar refractivity (Wildman–Crippen MR) is 72.1 cm³/mol. The van der Waals surface area contributed by atoms with Gasteiger partial charge in [0, 0.05) is 20.6 Å². The molecule has 0 aliphatic heterocycles. The summed E-state index contributed by atoms with van der Waals surface area (Å²) in [5, 5.41) is 8.90. The number of hydrogen-bond donors (Lipinski definition) is 1. The number of methoxy groups -OCH3 is 2. The van der Waals surface area contributed by atoms with E-state index in [2.05, 4.69) is 0 Å². The van der Waals surface area contributed by atoms with Crippen LogP contribution in [0.4, 0.5) is 4.79 Å². The van der Waals surface area contributed by atoms with Gasteiger partial charge in [-0.2, -0.15) is 0 Å². The predicted octanol–water partition coefficient (Wildman–Crippen LogP) is 2.18. The average molecular weight is 284 g/mol. The molecule has 1 aromatic rings. The summed E-state index contributed by atoms with van der Waals surface area (Å²) in [6, 6.07) is 9.11. The summed E-state index contributed by atoms with van der Waals surface area (Å²) < 4.78 is 20.7. The van der Waals surface area contributed by atoms with Gasteiger partial charge in [-0.05, 0) is 12.1 Å². The minimum Gasteiger partial charge on any atom is -0.489 e. The molecule has 0 aromatic heterocycles. The van der Waals surface area contributed by atoms with Gasteiger partial charge in [-0.15, -0.1) is 0 Å². The van der Waals surface area contributed by atoms with Crippen molar-refractivity contribution in [3.8, 4) is 5.75 Å². The maximum Gasteiger partial charge on any atom is 0.506 e. The van der Waals surface area contributed by atoms with Gasteiger partial charge in [0.15, 0.2) is 5.60 Å². The van der Waals surface area contributed by atoms with E-state index in [4.69, 9.17) is 24.1 Å². The Morgan fingerprint density at radius 1 is 1.15 bits per heavy atom. The van der Waals surface area contributed by atoms with Crippen molar-refractivity contribution >= 4 is 6.16 Å². The van der Waals surface area contributed by atoms with Crippen LogP contribution in [0.1, 0.15) is 6.42 Å². The summed E-state index contributed by atoms with van der Waals surface area (Å²) in [5.41, 5.74) is -1.09. The molecule has 0 bridgehead atoms. The van der Waals surface area contributed by atoms with Crippen LogP contribution in [0, 0.1) is 0 Å². The van der Waals surface area contributed by atoms with E-state index in [9.17, 15) is 4.79 Å². The van der Waals surface area contributed by atoms with Gasteiger partial charge in [-0.25, -0.2) is 4.79 Å². The Hall–Kier alpha value is -1.79. The normalized spacial score (nSPS) is 13.5. The lowest BCUT2D eigenvalue weighted by molar-refractivity contribution is -0.0962. The largest absolute Gasteiger partial charge is 0.506 e. The number of carbonyl (C=O) groups is 1. The van der Waals surface area contributed by atoms with E-state index in [0.717, 1.165) is 0 Å². The maximum atomic E-state index is 10.9. The highest BCUT2D eigenvalue weighted by Gasteiger charge is 2.36. The van der Waals surface area contributed by atoms with Crippen LogP contribution in [0.3, 0.4) is 0 Å². The lowest BCUT2D eigenvalue weighted by atomic mass is 10.0. The van der Waals surface area contributed by atoms with Crippen molar-refractivity contribution in [3.05, 3.63) is 30.3 Å². The molecule has 1 N–H and O–H groups in total. The van der Waals surface area contributed by atoms with Crippen LogP contribution in [0.2, 0.25) is 0 Å². The van der Waals surface area contributed by atoms with Crippen LogP contribution in [-0.2, 0) is 14.2 Å². The summed E-state index contributed by atoms with van der Waals surface area (Å²) in [6.07, 6.45) is -1.02. The van der Waals surface area contributed by atoms with E-state index in [0.29, 0.717) is 18.8 Å². The molecule has 0 fully saturated rings.